The maximum Gasteiger partial charge on any atom is 0.157 e. The highest BCUT2D eigenvalue weighted by Gasteiger charge is 2.30. The lowest BCUT2D eigenvalue weighted by Gasteiger charge is -2.26. The van der Waals surface area contributed by atoms with Gasteiger partial charge in [-0.05, 0) is 58.7 Å². The Bertz CT molecular complexity index is 216. The first-order valence-corrected chi connectivity index (χ1v) is 7.31. The van der Waals surface area contributed by atoms with Gasteiger partial charge in [-0.25, -0.2) is 0 Å². The third kappa shape index (κ3) is 4.23. The summed E-state index contributed by atoms with van der Waals surface area (Å²) in [5, 5.41) is 9.67. The highest BCUT2D eigenvalue weighted by Crippen LogP contribution is 2.28. The Morgan fingerprint density at radius 1 is 1.18 bits per heavy atom. The summed E-state index contributed by atoms with van der Waals surface area (Å²) in [4.78, 5) is 2.59. The minimum Gasteiger partial charge on any atom is -0.368 e. The van der Waals surface area contributed by atoms with Crippen molar-refractivity contribution in [2.75, 3.05) is 19.6 Å². The summed E-state index contributed by atoms with van der Waals surface area (Å²) in [6, 6.07) is 0. The second-order valence-corrected chi connectivity index (χ2v) is 5.73. The van der Waals surface area contributed by atoms with Crippen molar-refractivity contribution in [3.63, 3.8) is 0 Å². The molecular formula is C14H27NO2. The molecule has 0 aromatic heterocycles. The summed E-state index contributed by atoms with van der Waals surface area (Å²) in [6.45, 7) is 5.90. The third-order valence-corrected chi connectivity index (χ3v) is 4.16. The fourth-order valence-electron chi connectivity index (χ4n) is 3.13. The fraction of sp³-hybridized carbons (Fsp3) is 1.00. The quantitative estimate of drug-likeness (QED) is 0.750. The molecule has 17 heavy (non-hydrogen) atoms. The molecule has 3 nitrogen and oxygen atoms in total. The second kappa shape index (κ2) is 6.72. The van der Waals surface area contributed by atoms with Crippen LogP contribution in [0.25, 0.3) is 0 Å². The molecule has 2 aliphatic rings. The Morgan fingerprint density at radius 3 is 2.59 bits per heavy atom. The predicted molar refractivity (Wildman–Crippen MR) is 68.8 cm³/mol. The van der Waals surface area contributed by atoms with Crippen LogP contribution in [-0.2, 0) is 4.74 Å². The lowest BCUT2D eigenvalue weighted by molar-refractivity contribution is -0.105. The summed E-state index contributed by atoms with van der Waals surface area (Å²) in [5.74, 6) is 0.381. The van der Waals surface area contributed by atoms with Gasteiger partial charge in [0.2, 0.25) is 0 Å². The standard InChI is InChI=1S/C14H27NO2/c1-12-11-13(14(16)17-12)7-3-6-10-15-8-4-2-5-9-15/h12-14,16H,2-11H2,1H3. The van der Waals surface area contributed by atoms with Crippen molar-refractivity contribution in [3.05, 3.63) is 0 Å². The zero-order valence-corrected chi connectivity index (χ0v) is 11.1. The summed E-state index contributed by atoms with van der Waals surface area (Å²) in [7, 11) is 0. The Hall–Kier alpha value is -0.120. The minimum atomic E-state index is -0.500. The number of unbranched alkanes of at least 4 members (excludes halogenated alkanes) is 1. The summed E-state index contributed by atoms with van der Waals surface area (Å²) < 4.78 is 5.37. The first-order valence-electron chi connectivity index (χ1n) is 7.31. The zero-order valence-electron chi connectivity index (χ0n) is 11.1. The van der Waals surface area contributed by atoms with Crippen molar-refractivity contribution < 1.29 is 9.84 Å². The average Bonchev–Trinajstić information content (AvgIpc) is 2.65. The van der Waals surface area contributed by atoms with E-state index in [0.29, 0.717) is 5.92 Å². The van der Waals surface area contributed by atoms with Gasteiger partial charge in [-0.2, -0.15) is 0 Å². The number of aliphatic hydroxyl groups excluding tert-OH is 1. The Labute approximate surface area is 105 Å². The predicted octanol–water partition coefficient (Wildman–Crippen LogP) is 2.39. The maximum atomic E-state index is 9.67. The van der Waals surface area contributed by atoms with Gasteiger partial charge in [-0.3, -0.25) is 0 Å². The van der Waals surface area contributed by atoms with E-state index in [-0.39, 0.29) is 6.10 Å². The minimum absolute atomic E-state index is 0.247. The first-order chi connectivity index (χ1) is 8.25. The van der Waals surface area contributed by atoms with Gasteiger partial charge in [0.25, 0.3) is 0 Å². The van der Waals surface area contributed by atoms with Gasteiger partial charge in [0, 0.05) is 5.92 Å². The molecule has 0 amide bonds. The van der Waals surface area contributed by atoms with Crippen molar-refractivity contribution in [3.8, 4) is 0 Å². The topological polar surface area (TPSA) is 32.7 Å². The largest absolute Gasteiger partial charge is 0.368 e. The van der Waals surface area contributed by atoms with Gasteiger partial charge in [-0.1, -0.05) is 12.8 Å². The molecule has 2 fully saturated rings. The highest BCUT2D eigenvalue weighted by atomic mass is 16.6. The molecule has 2 heterocycles. The van der Waals surface area contributed by atoms with Crippen molar-refractivity contribution in [2.24, 2.45) is 5.92 Å². The average molecular weight is 241 g/mol. The number of aliphatic hydroxyl groups is 1. The number of ether oxygens (including phenoxy) is 1. The number of hydrogen-bond donors (Lipinski definition) is 1. The van der Waals surface area contributed by atoms with Crippen LogP contribution in [0.5, 0.6) is 0 Å². The van der Waals surface area contributed by atoms with Gasteiger partial charge >= 0.3 is 0 Å². The van der Waals surface area contributed by atoms with E-state index in [2.05, 4.69) is 11.8 Å². The molecule has 2 rings (SSSR count). The van der Waals surface area contributed by atoms with E-state index in [1.54, 1.807) is 0 Å². The molecule has 100 valence electrons. The molecule has 3 unspecified atom stereocenters. The molecular weight excluding hydrogens is 214 g/mol. The monoisotopic (exact) mass is 241 g/mol. The van der Waals surface area contributed by atoms with Gasteiger partial charge in [0.05, 0.1) is 6.10 Å². The molecule has 2 aliphatic heterocycles. The van der Waals surface area contributed by atoms with Crippen molar-refractivity contribution in [2.45, 2.75) is 64.3 Å². The Balaban J connectivity index is 1.53. The number of nitrogens with zero attached hydrogens (tertiary/aromatic N) is 1. The first kappa shape index (κ1) is 13.3. The lowest BCUT2D eigenvalue weighted by atomic mass is 9.98. The third-order valence-electron chi connectivity index (χ3n) is 4.16. The van der Waals surface area contributed by atoms with Crippen LogP contribution in [0.3, 0.4) is 0 Å². The number of rotatable bonds is 5. The molecule has 3 atom stereocenters. The van der Waals surface area contributed by atoms with Gasteiger partial charge in [-0.15, -0.1) is 0 Å². The van der Waals surface area contributed by atoms with E-state index < -0.39 is 6.29 Å². The SMILES string of the molecule is CC1CC(CCCCN2CCCCC2)C(O)O1. The van der Waals surface area contributed by atoms with E-state index in [4.69, 9.17) is 4.74 Å². The normalized spacial score (nSPS) is 35.3. The van der Waals surface area contributed by atoms with Crippen LogP contribution >= 0.6 is 0 Å². The number of likely N-dealkylation sites (tertiary alicyclic amines) is 1. The smallest absolute Gasteiger partial charge is 0.157 e. The highest BCUT2D eigenvalue weighted by molar-refractivity contribution is 4.74. The van der Waals surface area contributed by atoms with Gasteiger partial charge < -0.3 is 14.7 Å². The van der Waals surface area contributed by atoms with Crippen LogP contribution in [0, 0.1) is 5.92 Å². The molecule has 0 saturated carbocycles. The van der Waals surface area contributed by atoms with Crippen molar-refractivity contribution in [1.29, 1.82) is 0 Å². The van der Waals surface area contributed by atoms with E-state index in [9.17, 15) is 5.11 Å². The molecule has 0 aromatic carbocycles. The van der Waals surface area contributed by atoms with E-state index >= 15 is 0 Å². The molecule has 0 spiro atoms. The molecule has 0 aromatic rings. The fourth-order valence-corrected chi connectivity index (χ4v) is 3.13. The van der Waals surface area contributed by atoms with Gasteiger partial charge in [0.15, 0.2) is 6.29 Å². The van der Waals surface area contributed by atoms with Crippen LogP contribution in [-0.4, -0.2) is 42.0 Å². The second-order valence-electron chi connectivity index (χ2n) is 5.73. The summed E-state index contributed by atoms with van der Waals surface area (Å²) in [5.41, 5.74) is 0. The summed E-state index contributed by atoms with van der Waals surface area (Å²) in [6.07, 6.45) is 8.59. The van der Waals surface area contributed by atoms with Crippen molar-refractivity contribution in [1.82, 2.24) is 4.90 Å². The van der Waals surface area contributed by atoms with Crippen LogP contribution in [0.4, 0.5) is 0 Å². The van der Waals surface area contributed by atoms with Crippen LogP contribution < -0.4 is 0 Å². The maximum absolute atomic E-state index is 9.67. The van der Waals surface area contributed by atoms with Crippen molar-refractivity contribution >= 4 is 0 Å². The summed E-state index contributed by atoms with van der Waals surface area (Å²) >= 11 is 0. The van der Waals surface area contributed by atoms with E-state index in [1.165, 1.54) is 51.7 Å². The van der Waals surface area contributed by atoms with Crippen LogP contribution in [0.1, 0.15) is 51.9 Å². The molecule has 3 heteroatoms. The number of hydrogen-bond acceptors (Lipinski definition) is 3. The number of piperidine rings is 1. The van der Waals surface area contributed by atoms with Gasteiger partial charge in [0.1, 0.15) is 0 Å². The Kier molecular flexibility index (Phi) is 5.26. The Morgan fingerprint density at radius 2 is 1.94 bits per heavy atom. The molecule has 0 radical (unpaired) electrons. The molecule has 2 saturated heterocycles. The van der Waals surface area contributed by atoms with E-state index in [1.807, 2.05) is 0 Å². The molecule has 0 bridgehead atoms. The molecule has 1 N–H and O–H groups in total. The van der Waals surface area contributed by atoms with Crippen LogP contribution in [0.15, 0.2) is 0 Å². The lowest BCUT2D eigenvalue weighted by Crippen LogP contribution is -2.30. The zero-order chi connectivity index (χ0) is 12.1. The van der Waals surface area contributed by atoms with Crippen LogP contribution in [0.2, 0.25) is 0 Å². The molecule has 0 aliphatic carbocycles. The van der Waals surface area contributed by atoms with E-state index in [0.717, 1.165) is 12.8 Å².